The van der Waals surface area contributed by atoms with Crippen LogP contribution in [0.5, 0.6) is 5.75 Å². The molecule has 2 aliphatic heterocycles. The number of benzene rings is 3. The van der Waals surface area contributed by atoms with Crippen LogP contribution in [0.1, 0.15) is 35.4 Å². The van der Waals surface area contributed by atoms with Crippen molar-refractivity contribution in [3.05, 3.63) is 104 Å². The number of rotatable bonds is 3. The maximum absolute atomic E-state index is 11.0. The fourth-order valence-electron chi connectivity index (χ4n) is 3.86. The number of nitro groups is 1. The van der Waals surface area contributed by atoms with Gasteiger partial charge in [0.05, 0.1) is 16.7 Å². The van der Waals surface area contributed by atoms with Crippen LogP contribution in [0.25, 0.3) is 0 Å². The molecule has 0 bridgehead atoms. The van der Waals surface area contributed by atoms with E-state index in [1.165, 1.54) is 12.1 Å². The van der Waals surface area contributed by atoms with E-state index in [0.29, 0.717) is 16.5 Å². The zero-order valence-electron chi connectivity index (χ0n) is 15.5. The summed E-state index contributed by atoms with van der Waals surface area (Å²) in [6.45, 7) is 0. The van der Waals surface area contributed by atoms with E-state index in [1.54, 1.807) is 18.2 Å². The Hall–Kier alpha value is -3.09. The third kappa shape index (κ3) is 3.28. The van der Waals surface area contributed by atoms with Gasteiger partial charge in [-0.1, -0.05) is 35.3 Å². The molecule has 0 amide bonds. The van der Waals surface area contributed by atoms with Crippen LogP contribution in [0.2, 0.25) is 10.0 Å². The molecule has 2 atom stereocenters. The quantitative estimate of drug-likeness (QED) is 0.362. The van der Waals surface area contributed by atoms with E-state index in [9.17, 15) is 10.1 Å². The minimum absolute atomic E-state index is 0.0325. The maximum Gasteiger partial charge on any atom is 0.269 e. The molecule has 5 rings (SSSR count). The first-order chi connectivity index (χ1) is 14.5. The van der Waals surface area contributed by atoms with Gasteiger partial charge >= 0.3 is 0 Å². The highest BCUT2D eigenvalue weighted by Crippen LogP contribution is 2.48. The molecule has 0 saturated heterocycles. The summed E-state index contributed by atoms with van der Waals surface area (Å²) in [6.07, 6.45) is 0.177. The van der Waals surface area contributed by atoms with Crippen molar-refractivity contribution in [3.63, 3.8) is 0 Å². The Labute approximate surface area is 182 Å². The molecule has 0 aliphatic carbocycles. The van der Waals surface area contributed by atoms with Crippen molar-refractivity contribution in [2.75, 3.05) is 0 Å². The number of nitro benzene ring substituents is 1. The van der Waals surface area contributed by atoms with Crippen LogP contribution in [0.3, 0.4) is 0 Å². The summed E-state index contributed by atoms with van der Waals surface area (Å²) in [6, 6.07) is 19.4. The summed E-state index contributed by atoms with van der Waals surface area (Å²) >= 11 is 12.3. The summed E-state index contributed by atoms with van der Waals surface area (Å²) in [5, 5.41) is 19.1. The molecule has 0 spiro atoms. The van der Waals surface area contributed by atoms with Gasteiger partial charge in [-0.2, -0.15) is 5.10 Å². The highest BCUT2D eigenvalue weighted by atomic mass is 35.5. The molecule has 3 aromatic carbocycles. The highest BCUT2D eigenvalue weighted by Gasteiger charge is 2.41. The topological polar surface area (TPSA) is 68.0 Å². The van der Waals surface area contributed by atoms with Gasteiger partial charge in [-0.3, -0.25) is 10.1 Å². The van der Waals surface area contributed by atoms with Crippen LogP contribution in [0.15, 0.2) is 71.8 Å². The molecule has 0 aromatic heterocycles. The van der Waals surface area contributed by atoms with Crippen LogP contribution in [0, 0.1) is 10.1 Å². The molecule has 0 radical (unpaired) electrons. The molecule has 8 heteroatoms. The van der Waals surface area contributed by atoms with E-state index in [4.69, 9.17) is 33.0 Å². The van der Waals surface area contributed by atoms with Gasteiger partial charge in [-0.05, 0) is 48.0 Å². The van der Waals surface area contributed by atoms with Gasteiger partial charge in [0, 0.05) is 39.7 Å². The Kier molecular flexibility index (Phi) is 4.60. The predicted octanol–water partition coefficient (Wildman–Crippen LogP) is 6.14. The summed E-state index contributed by atoms with van der Waals surface area (Å²) < 4.78 is 6.26. The lowest BCUT2D eigenvalue weighted by Gasteiger charge is -2.38. The van der Waals surface area contributed by atoms with E-state index >= 15 is 0 Å². The summed E-state index contributed by atoms with van der Waals surface area (Å²) in [4.78, 5) is 10.6. The number of hydrogen-bond donors (Lipinski definition) is 0. The average molecular weight is 440 g/mol. The Morgan fingerprint density at radius 3 is 2.40 bits per heavy atom. The Morgan fingerprint density at radius 1 is 1.00 bits per heavy atom. The zero-order chi connectivity index (χ0) is 20.8. The fraction of sp³-hybridized carbons (Fsp3) is 0.136. The Morgan fingerprint density at radius 2 is 1.70 bits per heavy atom. The van der Waals surface area contributed by atoms with Crippen molar-refractivity contribution >= 4 is 34.6 Å². The van der Waals surface area contributed by atoms with E-state index in [2.05, 4.69) is 0 Å². The van der Waals surface area contributed by atoms with Crippen LogP contribution < -0.4 is 4.74 Å². The van der Waals surface area contributed by atoms with Gasteiger partial charge in [0.25, 0.3) is 5.69 Å². The molecule has 2 heterocycles. The van der Waals surface area contributed by atoms with Crippen molar-refractivity contribution in [3.8, 4) is 5.75 Å². The van der Waals surface area contributed by atoms with Gasteiger partial charge in [0.2, 0.25) is 6.23 Å². The lowest BCUT2D eigenvalue weighted by Crippen LogP contribution is -2.33. The SMILES string of the molecule is O=[N+]([O-])c1ccc([C@H]2Oc3ccc(Cl)cc3[C@H]3CC(c4ccc(Cl)cc4)=NN32)cc1. The summed E-state index contributed by atoms with van der Waals surface area (Å²) in [7, 11) is 0. The van der Waals surface area contributed by atoms with E-state index in [0.717, 1.165) is 28.2 Å². The van der Waals surface area contributed by atoms with Crippen LogP contribution in [-0.2, 0) is 0 Å². The van der Waals surface area contributed by atoms with Crippen LogP contribution in [0.4, 0.5) is 5.69 Å². The van der Waals surface area contributed by atoms with Gasteiger partial charge in [-0.25, -0.2) is 5.01 Å². The minimum atomic E-state index is -0.505. The Bertz CT molecular complexity index is 1160. The number of ether oxygens (including phenoxy) is 1. The highest BCUT2D eigenvalue weighted by molar-refractivity contribution is 6.31. The second-order valence-corrected chi connectivity index (χ2v) is 8.03. The molecule has 150 valence electrons. The van der Waals surface area contributed by atoms with Gasteiger partial charge in [0.15, 0.2) is 0 Å². The Balaban J connectivity index is 1.57. The van der Waals surface area contributed by atoms with Crippen molar-refractivity contribution in [2.45, 2.75) is 18.7 Å². The summed E-state index contributed by atoms with van der Waals surface area (Å²) in [5.74, 6) is 0.733. The third-order valence-electron chi connectivity index (χ3n) is 5.32. The van der Waals surface area contributed by atoms with Crippen LogP contribution >= 0.6 is 23.2 Å². The second-order valence-electron chi connectivity index (χ2n) is 7.15. The van der Waals surface area contributed by atoms with Crippen molar-refractivity contribution in [2.24, 2.45) is 5.10 Å². The molecule has 2 aliphatic rings. The monoisotopic (exact) mass is 439 g/mol. The number of fused-ring (bicyclic) bond motifs is 3. The molecule has 3 aromatic rings. The van der Waals surface area contributed by atoms with Crippen LogP contribution in [-0.4, -0.2) is 15.6 Å². The molecular weight excluding hydrogens is 425 g/mol. The molecule has 0 fully saturated rings. The zero-order valence-corrected chi connectivity index (χ0v) is 17.0. The van der Waals surface area contributed by atoms with Gasteiger partial charge in [-0.15, -0.1) is 0 Å². The number of non-ortho nitro benzene ring substituents is 1. The summed E-state index contributed by atoms with van der Waals surface area (Å²) in [5.41, 5.74) is 3.69. The maximum atomic E-state index is 11.0. The van der Waals surface area contributed by atoms with E-state index in [1.807, 2.05) is 41.4 Å². The lowest BCUT2D eigenvalue weighted by atomic mass is 9.96. The first-order valence-corrected chi connectivity index (χ1v) is 10.1. The van der Waals surface area contributed by atoms with Crippen molar-refractivity contribution < 1.29 is 9.66 Å². The van der Waals surface area contributed by atoms with Crippen molar-refractivity contribution in [1.29, 1.82) is 0 Å². The first-order valence-electron chi connectivity index (χ1n) is 9.32. The van der Waals surface area contributed by atoms with Gasteiger partial charge in [0.1, 0.15) is 5.75 Å². The smallest absolute Gasteiger partial charge is 0.269 e. The number of hydrazone groups is 1. The molecule has 30 heavy (non-hydrogen) atoms. The van der Waals surface area contributed by atoms with Crippen molar-refractivity contribution in [1.82, 2.24) is 5.01 Å². The average Bonchev–Trinajstić information content (AvgIpc) is 3.19. The minimum Gasteiger partial charge on any atom is -0.464 e. The normalized spacial score (nSPS) is 19.5. The molecule has 6 nitrogen and oxygen atoms in total. The lowest BCUT2D eigenvalue weighted by molar-refractivity contribution is -0.384. The van der Waals surface area contributed by atoms with E-state index in [-0.39, 0.29) is 11.7 Å². The van der Waals surface area contributed by atoms with Gasteiger partial charge < -0.3 is 4.74 Å². The van der Waals surface area contributed by atoms with E-state index < -0.39 is 11.2 Å². The molecule has 0 unspecified atom stereocenters. The first kappa shape index (κ1) is 18.9. The molecule has 0 N–H and O–H groups in total. The number of halogens is 2. The molecule has 0 saturated carbocycles. The second kappa shape index (κ2) is 7.31. The predicted molar refractivity (Wildman–Crippen MR) is 115 cm³/mol. The third-order valence-corrected chi connectivity index (χ3v) is 5.81. The fourth-order valence-corrected chi connectivity index (χ4v) is 4.16. The number of nitrogens with zero attached hydrogens (tertiary/aromatic N) is 3. The number of hydrogen-bond acceptors (Lipinski definition) is 5. The standard InChI is InChI=1S/C22H15Cl2N3O3/c23-15-5-1-13(2-6-15)19-12-20-18-11-16(24)7-10-21(18)30-22(26(20)25-19)14-3-8-17(9-4-14)27(28)29/h1-11,20,22H,12H2/t20-,22-/m1/s1. The largest absolute Gasteiger partial charge is 0.464 e. The molecular formula is C22H15Cl2N3O3.